The largest absolute Gasteiger partial charge is 0.371 e. The van der Waals surface area contributed by atoms with Crippen molar-refractivity contribution < 1.29 is 9.18 Å². The van der Waals surface area contributed by atoms with E-state index in [0.29, 0.717) is 24.6 Å². The maximum absolute atomic E-state index is 13.4. The molecule has 4 aromatic rings. The first-order chi connectivity index (χ1) is 16.0. The number of aryl methyl sites for hydroxylation is 1. The van der Waals surface area contributed by atoms with Gasteiger partial charge in [-0.05, 0) is 41.8 Å². The highest BCUT2D eigenvalue weighted by Crippen LogP contribution is 2.34. The van der Waals surface area contributed by atoms with Gasteiger partial charge in [0.1, 0.15) is 11.6 Å². The molecule has 0 unspecified atom stereocenters. The number of rotatable bonds is 9. The molecule has 0 aliphatic carbocycles. The first-order valence-corrected chi connectivity index (χ1v) is 11.3. The van der Waals surface area contributed by atoms with Gasteiger partial charge in [-0.1, -0.05) is 12.1 Å². The van der Waals surface area contributed by atoms with Gasteiger partial charge in [0.2, 0.25) is 5.91 Å². The average Bonchev–Trinajstić information content (AvgIpc) is 3.46. The molecular weight excluding hydrogens is 441 g/mol. The first kappa shape index (κ1) is 22.6. The first-order valence-electron chi connectivity index (χ1n) is 10.4. The highest BCUT2D eigenvalue weighted by atomic mass is 32.1. The predicted octanol–water partition coefficient (Wildman–Crippen LogP) is 3.46. The lowest BCUT2D eigenvalue weighted by molar-refractivity contribution is -0.118. The summed E-state index contributed by atoms with van der Waals surface area (Å²) in [5.41, 5.74) is 5.10. The Morgan fingerprint density at radius 1 is 1.18 bits per heavy atom. The van der Waals surface area contributed by atoms with Crippen LogP contribution in [0.1, 0.15) is 11.3 Å². The van der Waals surface area contributed by atoms with Gasteiger partial charge in [-0.15, -0.1) is 11.3 Å². The molecular formula is C23H24FN7OS. The van der Waals surface area contributed by atoms with Crippen LogP contribution < -0.4 is 16.0 Å². The molecule has 1 aromatic carbocycles. The molecule has 0 fully saturated rings. The number of nitrogens with one attached hydrogen (secondary N) is 3. The van der Waals surface area contributed by atoms with Crippen molar-refractivity contribution in [3.05, 3.63) is 76.8 Å². The highest BCUT2D eigenvalue weighted by Gasteiger charge is 2.24. The van der Waals surface area contributed by atoms with Gasteiger partial charge in [-0.25, -0.2) is 14.1 Å². The number of hydrogen-bond donors (Lipinski definition) is 3. The van der Waals surface area contributed by atoms with E-state index in [1.54, 1.807) is 48.8 Å². The predicted molar refractivity (Wildman–Crippen MR) is 127 cm³/mol. The number of thiazole rings is 1. The number of anilines is 2. The lowest BCUT2D eigenvalue weighted by Crippen LogP contribution is -2.42. The number of benzene rings is 1. The summed E-state index contributed by atoms with van der Waals surface area (Å²) in [5, 5.41) is 15.8. The van der Waals surface area contributed by atoms with Crippen molar-refractivity contribution in [3.63, 3.8) is 0 Å². The molecule has 1 amide bonds. The maximum Gasteiger partial charge on any atom is 0.243 e. The minimum Gasteiger partial charge on any atom is -0.371 e. The van der Waals surface area contributed by atoms with E-state index in [1.807, 2.05) is 17.5 Å². The zero-order chi connectivity index (χ0) is 23.2. The van der Waals surface area contributed by atoms with Crippen molar-refractivity contribution >= 4 is 28.9 Å². The van der Waals surface area contributed by atoms with E-state index >= 15 is 0 Å². The Balaban J connectivity index is 1.61. The molecule has 33 heavy (non-hydrogen) atoms. The van der Waals surface area contributed by atoms with Crippen molar-refractivity contribution in [3.8, 4) is 11.1 Å². The molecule has 0 spiro atoms. The van der Waals surface area contributed by atoms with Crippen molar-refractivity contribution in [2.24, 2.45) is 7.05 Å². The second-order valence-corrected chi connectivity index (χ2v) is 8.13. The number of nitrogens with zero attached hydrogens (tertiary/aromatic N) is 4. The minimum atomic E-state index is -0.574. The molecule has 0 saturated carbocycles. The molecule has 3 aromatic heterocycles. The monoisotopic (exact) mass is 465 g/mol. The average molecular weight is 466 g/mol. The van der Waals surface area contributed by atoms with Crippen LogP contribution in [-0.2, 0) is 24.8 Å². The van der Waals surface area contributed by atoms with E-state index in [9.17, 15) is 9.18 Å². The lowest BCUT2D eigenvalue weighted by atomic mass is 10.0. The van der Waals surface area contributed by atoms with Gasteiger partial charge < -0.3 is 10.6 Å². The van der Waals surface area contributed by atoms with E-state index in [2.05, 4.69) is 31.0 Å². The summed E-state index contributed by atoms with van der Waals surface area (Å²) in [6.07, 6.45) is 3.78. The van der Waals surface area contributed by atoms with Crippen LogP contribution in [0.3, 0.4) is 0 Å². The molecule has 0 aliphatic rings. The zero-order valence-electron chi connectivity index (χ0n) is 18.2. The SMILES string of the molecule is CNc1nn(C)c(NC(=O)[C@H](Cc2ccc(F)cc2)NCc2cscn2)c1-c1ccncc1. The number of carbonyl (C=O) groups excluding carboxylic acids is 1. The second kappa shape index (κ2) is 10.3. The number of amides is 1. The van der Waals surface area contributed by atoms with E-state index in [-0.39, 0.29) is 11.7 Å². The summed E-state index contributed by atoms with van der Waals surface area (Å²) in [7, 11) is 3.56. The Hall–Kier alpha value is -3.63. The molecule has 170 valence electrons. The molecule has 0 saturated heterocycles. The lowest BCUT2D eigenvalue weighted by Gasteiger charge is -2.19. The molecule has 3 N–H and O–H groups in total. The summed E-state index contributed by atoms with van der Waals surface area (Å²) < 4.78 is 15.0. The van der Waals surface area contributed by atoms with Crippen LogP contribution in [0.5, 0.6) is 0 Å². The molecule has 0 aliphatic heterocycles. The quantitative estimate of drug-likeness (QED) is 0.350. The third-order valence-corrected chi connectivity index (χ3v) is 5.81. The Labute approximate surface area is 194 Å². The molecule has 10 heteroatoms. The number of pyridine rings is 1. The van der Waals surface area contributed by atoms with Crippen LogP contribution in [0, 0.1) is 5.82 Å². The minimum absolute atomic E-state index is 0.226. The number of halogens is 1. The van der Waals surface area contributed by atoms with E-state index in [4.69, 9.17) is 0 Å². The Morgan fingerprint density at radius 3 is 2.61 bits per heavy atom. The van der Waals surface area contributed by atoms with Gasteiger partial charge in [0.15, 0.2) is 5.82 Å². The summed E-state index contributed by atoms with van der Waals surface area (Å²) in [6.45, 7) is 0.438. The third-order valence-electron chi connectivity index (χ3n) is 5.18. The normalized spacial score (nSPS) is 11.8. The number of carbonyl (C=O) groups is 1. The van der Waals surface area contributed by atoms with Gasteiger partial charge in [-0.2, -0.15) is 5.10 Å². The fourth-order valence-electron chi connectivity index (χ4n) is 3.50. The smallest absolute Gasteiger partial charge is 0.243 e. The van der Waals surface area contributed by atoms with Crippen molar-refractivity contribution in [1.29, 1.82) is 0 Å². The van der Waals surface area contributed by atoms with Crippen LogP contribution in [-0.4, -0.2) is 38.7 Å². The van der Waals surface area contributed by atoms with Crippen molar-refractivity contribution in [2.75, 3.05) is 17.7 Å². The summed E-state index contributed by atoms with van der Waals surface area (Å²) in [4.78, 5) is 21.8. The van der Waals surface area contributed by atoms with Crippen molar-refractivity contribution in [1.82, 2.24) is 25.1 Å². The van der Waals surface area contributed by atoms with Crippen LogP contribution >= 0.6 is 11.3 Å². The second-order valence-electron chi connectivity index (χ2n) is 7.41. The number of aromatic nitrogens is 4. The Morgan fingerprint density at radius 2 is 1.94 bits per heavy atom. The molecule has 0 bridgehead atoms. The standard InChI is InChI=1S/C23H24FN7OS/c1-25-21-20(16-7-9-26-10-8-16)22(31(2)30-21)29-23(32)19(27-12-18-13-33-14-28-18)11-15-3-5-17(24)6-4-15/h3-10,13-14,19,27H,11-12H2,1-2H3,(H,25,30)(H,29,32)/t19-/m0/s1. The van der Waals surface area contributed by atoms with Crippen LogP contribution in [0.25, 0.3) is 11.1 Å². The fraction of sp³-hybridized carbons (Fsp3) is 0.217. The van der Waals surface area contributed by atoms with Crippen LogP contribution in [0.4, 0.5) is 16.0 Å². The third kappa shape index (κ3) is 5.41. The summed E-state index contributed by atoms with van der Waals surface area (Å²) in [6, 6.07) is 9.32. The van der Waals surface area contributed by atoms with Gasteiger partial charge in [0, 0.05) is 38.4 Å². The van der Waals surface area contributed by atoms with Crippen LogP contribution in [0.15, 0.2) is 59.7 Å². The van der Waals surface area contributed by atoms with Gasteiger partial charge in [-0.3, -0.25) is 15.1 Å². The topological polar surface area (TPSA) is 96.8 Å². The summed E-state index contributed by atoms with van der Waals surface area (Å²) in [5.74, 6) is 0.668. The zero-order valence-corrected chi connectivity index (χ0v) is 19.1. The van der Waals surface area contributed by atoms with Gasteiger partial charge in [0.25, 0.3) is 0 Å². The van der Waals surface area contributed by atoms with E-state index < -0.39 is 6.04 Å². The van der Waals surface area contributed by atoms with Gasteiger partial charge in [0.05, 0.1) is 22.8 Å². The number of hydrogen-bond acceptors (Lipinski definition) is 7. The highest BCUT2D eigenvalue weighted by molar-refractivity contribution is 7.07. The van der Waals surface area contributed by atoms with E-state index in [1.165, 1.54) is 23.5 Å². The molecule has 4 rings (SSSR count). The fourth-order valence-corrected chi connectivity index (χ4v) is 4.06. The molecule has 1 atom stereocenters. The molecule has 8 nitrogen and oxygen atoms in total. The molecule has 0 radical (unpaired) electrons. The summed E-state index contributed by atoms with van der Waals surface area (Å²) >= 11 is 1.50. The Kier molecular flexibility index (Phi) is 7.06. The van der Waals surface area contributed by atoms with E-state index in [0.717, 1.165) is 22.4 Å². The Bertz CT molecular complexity index is 1190. The molecule has 3 heterocycles. The maximum atomic E-state index is 13.4. The van der Waals surface area contributed by atoms with Crippen LogP contribution in [0.2, 0.25) is 0 Å². The van der Waals surface area contributed by atoms with Gasteiger partial charge >= 0.3 is 0 Å². The van der Waals surface area contributed by atoms with Crippen molar-refractivity contribution in [2.45, 2.75) is 19.0 Å².